The van der Waals surface area contributed by atoms with Gasteiger partial charge in [-0.2, -0.15) is 0 Å². The minimum Gasteiger partial charge on any atom is -0.481 e. The van der Waals surface area contributed by atoms with Crippen molar-refractivity contribution in [2.24, 2.45) is 0 Å². The van der Waals surface area contributed by atoms with Crippen molar-refractivity contribution in [3.8, 4) is 0 Å². The van der Waals surface area contributed by atoms with Crippen LogP contribution in [0.15, 0.2) is 0 Å². The van der Waals surface area contributed by atoms with Crippen molar-refractivity contribution in [2.45, 2.75) is 38.1 Å². The van der Waals surface area contributed by atoms with Crippen molar-refractivity contribution in [3.63, 3.8) is 0 Å². The second-order valence-corrected chi connectivity index (χ2v) is 5.83. The number of carboxylic acid groups (broad SMARTS) is 1. The Morgan fingerprint density at radius 3 is 2.80 bits per heavy atom. The number of carbonyl (C=O) groups is 2. The Balaban J connectivity index is 1.78. The van der Waals surface area contributed by atoms with Crippen molar-refractivity contribution in [1.82, 2.24) is 14.7 Å². The first kappa shape index (κ1) is 15.1. The molecular weight excluding hydrogens is 258 g/mol. The molecule has 20 heavy (non-hydrogen) atoms. The van der Waals surface area contributed by atoms with Gasteiger partial charge in [-0.3, -0.25) is 9.69 Å². The van der Waals surface area contributed by atoms with E-state index in [4.69, 9.17) is 5.11 Å². The summed E-state index contributed by atoms with van der Waals surface area (Å²) in [6.45, 7) is 4.26. The summed E-state index contributed by atoms with van der Waals surface area (Å²) in [5.41, 5.74) is 0. The summed E-state index contributed by atoms with van der Waals surface area (Å²) in [4.78, 5) is 28.9. The summed E-state index contributed by atoms with van der Waals surface area (Å²) in [7, 11) is 1.76. The van der Waals surface area contributed by atoms with Gasteiger partial charge in [-0.25, -0.2) is 4.79 Å². The lowest BCUT2D eigenvalue weighted by Crippen LogP contribution is -2.58. The highest BCUT2D eigenvalue weighted by Gasteiger charge is 2.31. The number of rotatable bonds is 4. The third-order valence-corrected chi connectivity index (χ3v) is 4.32. The third-order valence-electron chi connectivity index (χ3n) is 4.32. The van der Waals surface area contributed by atoms with Crippen molar-refractivity contribution in [1.29, 1.82) is 0 Å². The number of amides is 2. The smallest absolute Gasteiger partial charge is 0.319 e. The topological polar surface area (TPSA) is 64.1 Å². The molecule has 2 rings (SSSR count). The Kier molecular flexibility index (Phi) is 5.23. The maximum Gasteiger partial charge on any atom is 0.319 e. The summed E-state index contributed by atoms with van der Waals surface area (Å²) in [5, 5.41) is 8.62. The maximum atomic E-state index is 12.3. The van der Waals surface area contributed by atoms with Gasteiger partial charge in [0.05, 0.1) is 0 Å². The lowest BCUT2D eigenvalue weighted by molar-refractivity contribution is -0.137. The first-order valence-corrected chi connectivity index (χ1v) is 7.54. The molecule has 0 radical (unpaired) electrons. The molecule has 2 amide bonds. The van der Waals surface area contributed by atoms with Crippen LogP contribution in [0.4, 0.5) is 4.79 Å². The van der Waals surface area contributed by atoms with Crippen LogP contribution in [0, 0.1) is 0 Å². The number of nitrogens with zero attached hydrogens (tertiary/aromatic N) is 3. The van der Waals surface area contributed by atoms with Crippen molar-refractivity contribution < 1.29 is 14.7 Å². The number of hydrogen-bond donors (Lipinski definition) is 1. The molecule has 0 aromatic rings. The zero-order chi connectivity index (χ0) is 14.5. The second-order valence-electron chi connectivity index (χ2n) is 5.83. The molecule has 0 spiro atoms. The van der Waals surface area contributed by atoms with E-state index < -0.39 is 5.97 Å². The normalized spacial score (nSPS) is 23.2. The van der Waals surface area contributed by atoms with E-state index in [9.17, 15) is 9.59 Å². The molecule has 0 aromatic carbocycles. The van der Waals surface area contributed by atoms with Gasteiger partial charge in [-0.1, -0.05) is 6.42 Å². The second kappa shape index (κ2) is 6.92. The summed E-state index contributed by atoms with van der Waals surface area (Å²) >= 11 is 0. The molecule has 6 nitrogen and oxygen atoms in total. The van der Waals surface area contributed by atoms with Crippen LogP contribution in [-0.4, -0.2) is 77.6 Å². The van der Waals surface area contributed by atoms with Gasteiger partial charge >= 0.3 is 12.0 Å². The molecule has 2 aliphatic rings. The Morgan fingerprint density at radius 1 is 1.25 bits per heavy atom. The van der Waals surface area contributed by atoms with Crippen LogP contribution in [-0.2, 0) is 4.79 Å². The Labute approximate surface area is 120 Å². The summed E-state index contributed by atoms with van der Waals surface area (Å²) in [5.74, 6) is -0.804. The highest BCUT2D eigenvalue weighted by Crippen LogP contribution is 2.21. The van der Waals surface area contributed by atoms with E-state index in [-0.39, 0.29) is 12.5 Å². The van der Waals surface area contributed by atoms with Crippen LogP contribution in [0.5, 0.6) is 0 Å². The highest BCUT2D eigenvalue weighted by molar-refractivity contribution is 5.74. The fourth-order valence-corrected chi connectivity index (χ4v) is 3.13. The number of hydrogen-bond acceptors (Lipinski definition) is 3. The standard InChI is InChI=1S/C14H25N3O3/c1-15(7-4-6-13(18)19)14(20)17-10-9-16-8-3-2-5-12(16)11-17/h12H,2-11H2,1H3,(H,18,19). The number of aliphatic carboxylic acids is 1. The van der Waals surface area contributed by atoms with Gasteiger partial charge in [0.15, 0.2) is 0 Å². The SMILES string of the molecule is CN(CCCC(=O)O)C(=O)N1CCN2CCCCC2C1. The first-order valence-electron chi connectivity index (χ1n) is 7.54. The number of fused-ring (bicyclic) bond motifs is 1. The van der Waals surface area contributed by atoms with E-state index in [0.717, 1.165) is 19.6 Å². The predicted molar refractivity (Wildman–Crippen MR) is 75.7 cm³/mol. The number of carbonyl (C=O) groups excluding carboxylic acids is 1. The van der Waals surface area contributed by atoms with Gasteiger partial charge in [0.1, 0.15) is 0 Å². The predicted octanol–water partition coefficient (Wildman–Crippen LogP) is 1.07. The van der Waals surface area contributed by atoms with Gasteiger partial charge in [-0.05, 0) is 25.8 Å². The van der Waals surface area contributed by atoms with E-state index in [2.05, 4.69) is 4.90 Å². The number of piperidine rings is 1. The molecule has 0 aliphatic carbocycles. The fourth-order valence-electron chi connectivity index (χ4n) is 3.13. The summed E-state index contributed by atoms with van der Waals surface area (Å²) in [6, 6.07) is 0.564. The van der Waals surface area contributed by atoms with Crippen LogP contribution in [0.25, 0.3) is 0 Å². The molecule has 1 N–H and O–H groups in total. The van der Waals surface area contributed by atoms with Crippen molar-refractivity contribution >= 4 is 12.0 Å². The average Bonchev–Trinajstić information content (AvgIpc) is 2.45. The maximum absolute atomic E-state index is 12.3. The fraction of sp³-hybridized carbons (Fsp3) is 0.857. The number of piperazine rings is 1. The molecule has 1 atom stereocenters. The Hall–Kier alpha value is -1.30. The lowest BCUT2D eigenvalue weighted by atomic mass is 10.00. The molecular formula is C14H25N3O3. The number of carboxylic acids is 1. The summed E-state index contributed by atoms with van der Waals surface area (Å²) in [6.07, 6.45) is 4.36. The van der Waals surface area contributed by atoms with Gasteiger partial charge in [0.2, 0.25) is 0 Å². The zero-order valence-corrected chi connectivity index (χ0v) is 12.3. The molecule has 114 valence electrons. The Bertz CT molecular complexity index is 362. The Morgan fingerprint density at radius 2 is 2.05 bits per heavy atom. The lowest BCUT2D eigenvalue weighted by Gasteiger charge is -2.44. The average molecular weight is 283 g/mol. The van der Waals surface area contributed by atoms with Crippen LogP contribution in [0.3, 0.4) is 0 Å². The largest absolute Gasteiger partial charge is 0.481 e. The first-order chi connectivity index (χ1) is 9.58. The van der Waals surface area contributed by atoms with Gasteiger partial charge in [0.25, 0.3) is 0 Å². The third kappa shape index (κ3) is 3.85. The van der Waals surface area contributed by atoms with Crippen molar-refractivity contribution in [3.05, 3.63) is 0 Å². The van der Waals surface area contributed by atoms with E-state index in [0.29, 0.717) is 19.0 Å². The van der Waals surface area contributed by atoms with Crippen LogP contribution in [0.2, 0.25) is 0 Å². The van der Waals surface area contributed by atoms with Crippen LogP contribution >= 0.6 is 0 Å². The van der Waals surface area contributed by atoms with Crippen LogP contribution in [0.1, 0.15) is 32.1 Å². The molecule has 0 aromatic heterocycles. The summed E-state index contributed by atoms with van der Waals surface area (Å²) < 4.78 is 0. The molecule has 6 heteroatoms. The molecule has 2 saturated heterocycles. The molecule has 2 heterocycles. The van der Waals surface area contributed by atoms with Crippen molar-refractivity contribution in [2.75, 3.05) is 39.8 Å². The van der Waals surface area contributed by atoms with E-state index in [1.54, 1.807) is 11.9 Å². The quantitative estimate of drug-likeness (QED) is 0.838. The molecule has 0 saturated carbocycles. The van der Waals surface area contributed by atoms with Gasteiger partial charge in [-0.15, -0.1) is 0 Å². The van der Waals surface area contributed by atoms with E-state index in [1.165, 1.54) is 25.8 Å². The van der Waals surface area contributed by atoms with Crippen LogP contribution < -0.4 is 0 Å². The van der Waals surface area contributed by atoms with Gasteiger partial charge < -0.3 is 14.9 Å². The minimum absolute atomic E-state index is 0.0422. The molecule has 2 aliphatic heterocycles. The van der Waals surface area contributed by atoms with Gasteiger partial charge in [0, 0.05) is 45.7 Å². The zero-order valence-electron chi connectivity index (χ0n) is 12.3. The molecule has 2 fully saturated rings. The number of urea groups is 1. The molecule has 1 unspecified atom stereocenters. The minimum atomic E-state index is -0.804. The highest BCUT2D eigenvalue weighted by atomic mass is 16.4. The molecule has 0 bridgehead atoms. The van der Waals surface area contributed by atoms with E-state index in [1.807, 2.05) is 4.90 Å². The van der Waals surface area contributed by atoms with E-state index >= 15 is 0 Å². The monoisotopic (exact) mass is 283 g/mol.